The molecule has 15 heavy (non-hydrogen) atoms. The lowest BCUT2D eigenvalue weighted by molar-refractivity contribution is 0.0984. The minimum absolute atomic E-state index is 0.118. The summed E-state index contributed by atoms with van der Waals surface area (Å²) in [7, 11) is -1.70. The molecular weight excluding hydrogens is 207 g/mol. The molecule has 0 bridgehead atoms. The highest BCUT2D eigenvalue weighted by Gasteiger charge is 2.23. The first kappa shape index (κ1) is 12.1. The Kier molecular flexibility index (Phi) is 3.45. The first-order chi connectivity index (χ1) is 6.88. The molecular formula is C12H17FOSi. The second kappa shape index (κ2) is 4.27. The van der Waals surface area contributed by atoms with Gasteiger partial charge in [0.15, 0.2) is 5.78 Å². The van der Waals surface area contributed by atoms with Crippen LogP contribution < -0.4 is 5.19 Å². The third-order valence-electron chi connectivity index (χ3n) is 2.43. The third-order valence-corrected chi connectivity index (χ3v) is 4.43. The van der Waals surface area contributed by atoms with Gasteiger partial charge >= 0.3 is 0 Å². The highest BCUT2D eigenvalue weighted by Crippen LogP contribution is 2.12. The van der Waals surface area contributed by atoms with Crippen LogP contribution in [0.1, 0.15) is 23.7 Å². The molecule has 0 unspecified atom stereocenters. The van der Waals surface area contributed by atoms with Crippen molar-refractivity contribution >= 4 is 19.0 Å². The van der Waals surface area contributed by atoms with E-state index in [1.54, 1.807) is 25.1 Å². The van der Waals surface area contributed by atoms with Crippen LogP contribution in [-0.4, -0.2) is 13.9 Å². The zero-order chi connectivity index (χ0) is 11.6. The Hall–Kier alpha value is -0.963. The molecule has 0 spiro atoms. The Morgan fingerprint density at radius 3 is 2.40 bits per heavy atom. The Morgan fingerprint density at radius 2 is 1.93 bits per heavy atom. The molecule has 0 aliphatic rings. The third kappa shape index (κ3) is 2.53. The molecule has 0 aromatic heterocycles. The van der Waals surface area contributed by atoms with Gasteiger partial charge in [-0.05, 0) is 11.3 Å². The van der Waals surface area contributed by atoms with Crippen molar-refractivity contribution in [2.24, 2.45) is 0 Å². The number of carbonyl (C=O) groups is 1. The van der Waals surface area contributed by atoms with Crippen LogP contribution in [0.25, 0.3) is 0 Å². The molecule has 0 atom stereocenters. The van der Waals surface area contributed by atoms with Crippen LogP contribution in [-0.2, 0) is 0 Å². The van der Waals surface area contributed by atoms with Crippen LogP contribution in [0.15, 0.2) is 18.2 Å². The first-order valence-corrected chi connectivity index (χ1v) is 8.70. The maximum atomic E-state index is 14.0. The lowest BCUT2D eigenvalue weighted by Crippen LogP contribution is -2.40. The Bertz CT molecular complexity index is 380. The van der Waals surface area contributed by atoms with Crippen LogP contribution in [0.3, 0.4) is 0 Å². The quantitative estimate of drug-likeness (QED) is 0.570. The van der Waals surface area contributed by atoms with E-state index in [0.29, 0.717) is 6.42 Å². The average Bonchev–Trinajstić information content (AvgIpc) is 2.15. The molecule has 0 radical (unpaired) electrons. The summed E-state index contributed by atoms with van der Waals surface area (Å²) >= 11 is 0. The molecule has 0 fully saturated rings. The van der Waals surface area contributed by atoms with Crippen molar-refractivity contribution in [3.8, 4) is 0 Å². The van der Waals surface area contributed by atoms with E-state index in [4.69, 9.17) is 0 Å². The fourth-order valence-corrected chi connectivity index (χ4v) is 2.91. The SMILES string of the molecule is CCC(=O)c1cccc([Si](C)(C)C)c1F. The van der Waals surface area contributed by atoms with E-state index in [2.05, 4.69) is 19.6 Å². The molecule has 0 aliphatic carbocycles. The van der Waals surface area contributed by atoms with Crippen molar-refractivity contribution < 1.29 is 9.18 Å². The lowest BCUT2D eigenvalue weighted by Gasteiger charge is -2.18. The minimum Gasteiger partial charge on any atom is -0.294 e. The van der Waals surface area contributed by atoms with Crippen molar-refractivity contribution in [1.82, 2.24) is 0 Å². The summed E-state index contributed by atoms with van der Waals surface area (Å²) in [5, 5.41) is 0.738. The largest absolute Gasteiger partial charge is 0.294 e. The smallest absolute Gasteiger partial charge is 0.165 e. The number of halogens is 1. The highest BCUT2D eigenvalue weighted by atomic mass is 28.3. The minimum atomic E-state index is -1.70. The van der Waals surface area contributed by atoms with E-state index in [1.165, 1.54) is 0 Å². The summed E-state index contributed by atoms with van der Waals surface area (Å²) in [5.41, 5.74) is 0.248. The van der Waals surface area contributed by atoms with Gasteiger partial charge in [-0.2, -0.15) is 0 Å². The lowest BCUT2D eigenvalue weighted by atomic mass is 10.1. The topological polar surface area (TPSA) is 17.1 Å². The maximum absolute atomic E-state index is 14.0. The number of ketones is 1. The molecule has 0 heterocycles. The molecule has 0 aliphatic heterocycles. The van der Waals surface area contributed by atoms with Crippen LogP contribution >= 0.6 is 0 Å². The normalized spacial score (nSPS) is 11.5. The van der Waals surface area contributed by atoms with Gasteiger partial charge in [-0.25, -0.2) is 4.39 Å². The molecule has 1 aromatic rings. The van der Waals surface area contributed by atoms with Gasteiger partial charge in [-0.3, -0.25) is 4.79 Å². The molecule has 0 amide bonds. The predicted octanol–water partition coefficient (Wildman–Crippen LogP) is 2.96. The fourth-order valence-electron chi connectivity index (χ4n) is 1.52. The van der Waals surface area contributed by atoms with Gasteiger partial charge in [0, 0.05) is 6.42 Å². The van der Waals surface area contributed by atoms with E-state index in [9.17, 15) is 9.18 Å². The Labute approximate surface area is 91.3 Å². The maximum Gasteiger partial charge on any atom is 0.165 e. The Balaban J connectivity index is 3.30. The van der Waals surface area contributed by atoms with E-state index >= 15 is 0 Å². The second-order valence-electron chi connectivity index (χ2n) is 4.69. The second-order valence-corrected chi connectivity index (χ2v) is 9.73. The van der Waals surface area contributed by atoms with Crippen molar-refractivity contribution in [2.75, 3.05) is 0 Å². The molecule has 1 aromatic carbocycles. The summed E-state index contributed by atoms with van der Waals surface area (Å²) in [4.78, 5) is 11.5. The first-order valence-electron chi connectivity index (χ1n) is 5.20. The average molecular weight is 224 g/mol. The summed E-state index contributed by atoms with van der Waals surface area (Å²) in [6.07, 6.45) is 0.353. The summed E-state index contributed by atoms with van der Waals surface area (Å²) in [5.74, 6) is -0.420. The zero-order valence-corrected chi connectivity index (χ0v) is 10.7. The molecule has 0 saturated carbocycles. The van der Waals surface area contributed by atoms with Crippen molar-refractivity contribution in [2.45, 2.75) is 33.0 Å². The van der Waals surface area contributed by atoms with E-state index in [-0.39, 0.29) is 17.2 Å². The number of Topliss-reactive ketones (excluding diaryl/α,β-unsaturated/α-hetero) is 1. The number of benzene rings is 1. The van der Waals surface area contributed by atoms with Crippen LogP contribution in [0.4, 0.5) is 4.39 Å². The van der Waals surface area contributed by atoms with Gasteiger partial charge in [-0.15, -0.1) is 0 Å². The predicted molar refractivity (Wildman–Crippen MR) is 64.0 cm³/mol. The monoisotopic (exact) mass is 224 g/mol. The summed E-state index contributed by atoms with van der Waals surface area (Å²) in [6.45, 7) is 7.98. The van der Waals surface area contributed by atoms with Gasteiger partial charge < -0.3 is 0 Å². The molecule has 0 N–H and O–H groups in total. The van der Waals surface area contributed by atoms with Gasteiger partial charge in [-0.1, -0.05) is 38.7 Å². The molecule has 0 saturated heterocycles. The number of hydrogen-bond donors (Lipinski definition) is 0. The number of rotatable bonds is 3. The summed E-state index contributed by atoms with van der Waals surface area (Å²) < 4.78 is 14.0. The fraction of sp³-hybridized carbons (Fsp3) is 0.417. The molecule has 3 heteroatoms. The highest BCUT2D eigenvalue weighted by molar-refractivity contribution is 6.88. The van der Waals surface area contributed by atoms with Crippen molar-refractivity contribution in [3.63, 3.8) is 0 Å². The molecule has 1 rings (SSSR count). The van der Waals surface area contributed by atoms with Crippen molar-refractivity contribution in [1.29, 1.82) is 0 Å². The molecule has 82 valence electrons. The van der Waals surface area contributed by atoms with Crippen LogP contribution in [0, 0.1) is 5.82 Å². The zero-order valence-electron chi connectivity index (χ0n) is 9.73. The number of carbonyl (C=O) groups excluding carboxylic acids is 1. The number of hydrogen-bond acceptors (Lipinski definition) is 1. The molecule has 1 nitrogen and oxygen atoms in total. The Morgan fingerprint density at radius 1 is 1.33 bits per heavy atom. The summed E-state index contributed by atoms with van der Waals surface area (Å²) in [6, 6.07) is 5.15. The van der Waals surface area contributed by atoms with Gasteiger partial charge in [0.25, 0.3) is 0 Å². The van der Waals surface area contributed by atoms with E-state index in [1.807, 2.05) is 0 Å². The van der Waals surface area contributed by atoms with E-state index in [0.717, 1.165) is 5.19 Å². The van der Waals surface area contributed by atoms with Gasteiger partial charge in [0.1, 0.15) is 5.82 Å². The van der Waals surface area contributed by atoms with Crippen LogP contribution in [0.5, 0.6) is 0 Å². The van der Waals surface area contributed by atoms with Gasteiger partial charge in [0.2, 0.25) is 0 Å². The van der Waals surface area contributed by atoms with Crippen LogP contribution in [0.2, 0.25) is 19.6 Å². The van der Waals surface area contributed by atoms with Crippen molar-refractivity contribution in [3.05, 3.63) is 29.6 Å². The standard InChI is InChI=1S/C12H17FOSi/c1-5-10(14)9-7-6-8-11(12(9)13)15(2,3)4/h6-8H,5H2,1-4H3. The van der Waals surface area contributed by atoms with E-state index < -0.39 is 8.07 Å². The van der Waals surface area contributed by atoms with Gasteiger partial charge in [0.05, 0.1) is 13.6 Å².